The zero-order valence-corrected chi connectivity index (χ0v) is 18.9. The van der Waals surface area contributed by atoms with E-state index in [9.17, 15) is 14.4 Å². The molecule has 2 aliphatic heterocycles. The standard InChI is InChI=1S/C24H26O8/c1-7-12(2)21(26)30-20-19(29-22(27)24(6)13(3)31-24)15-10-14-8-9-18(25)28-16(14)11-17(15)32-23(20,4)5/h7-11,13,19-20H,1-6H3/b12-7-/t13-,19?,20?,24-/m0/s1. The van der Waals surface area contributed by atoms with E-state index in [2.05, 4.69) is 0 Å². The van der Waals surface area contributed by atoms with E-state index in [0.29, 0.717) is 27.9 Å². The van der Waals surface area contributed by atoms with Gasteiger partial charge < -0.3 is 23.4 Å². The second kappa shape index (κ2) is 7.48. The van der Waals surface area contributed by atoms with Crippen molar-refractivity contribution >= 4 is 22.9 Å². The van der Waals surface area contributed by atoms with Crippen LogP contribution in [0.1, 0.15) is 53.2 Å². The minimum absolute atomic E-state index is 0.278. The second-order valence-corrected chi connectivity index (χ2v) is 8.88. The van der Waals surface area contributed by atoms with Crippen LogP contribution >= 0.6 is 0 Å². The van der Waals surface area contributed by atoms with Crippen LogP contribution < -0.4 is 10.4 Å². The number of benzene rings is 1. The number of esters is 2. The molecule has 0 aliphatic carbocycles. The van der Waals surface area contributed by atoms with Crippen molar-refractivity contribution in [2.24, 2.45) is 0 Å². The number of allylic oxidation sites excluding steroid dienone is 1. The van der Waals surface area contributed by atoms with Crippen LogP contribution in [0, 0.1) is 0 Å². The third-order valence-electron chi connectivity index (χ3n) is 6.16. The third-order valence-corrected chi connectivity index (χ3v) is 6.16. The van der Waals surface area contributed by atoms with Crippen molar-refractivity contribution in [3.05, 3.63) is 51.9 Å². The van der Waals surface area contributed by atoms with Gasteiger partial charge in [-0.25, -0.2) is 14.4 Å². The van der Waals surface area contributed by atoms with Gasteiger partial charge in [0.15, 0.2) is 17.8 Å². The average Bonchev–Trinajstić information content (AvgIpc) is 3.35. The normalized spacial score (nSPS) is 28.4. The largest absolute Gasteiger partial charge is 0.483 e. The lowest BCUT2D eigenvalue weighted by molar-refractivity contribution is -0.190. The summed E-state index contributed by atoms with van der Waals surface area (Å²) in [6, 6.07) is 6.21. The Balaban J connectivity index is 1.82. The maximum atomic E-state index is 13.0. The zero-order chi connectivity index (χ0) is 23.4. The molecule has 0 radical (unpaired) electrons. The number of ether oxygens (including phenoxy) is 4. The fourth-order valence-electron chi connectivity index (χ4n) is 3.73. The summed E-state index contributed by atoms with van der Waals surface area (Å²) in [6.45, 7) is 10.3. The molecular weight excluding hydrogens is 416 g/mol. The van der Waals surface area contributed by atoms with Gasteiger partial charge in [0.05, 0.1) is 6.10 Å². The van der Waals surface area contributed by atoms with Gasteiger partial charge in [-0.2, -0.15) is 0 Å². The van der Waals surface area contributed by atoms with E-state index in [0.717, 1.165) is 0 Å². The number of hydrogen-bond donors (Lipinski definition) is 0. The Morgan fingerprint density at radius 1 is 1.12 bits per heavy atom. The lowest BCUT2D eigenvalue weighted by atomic mass is 9.87. The molecule has 1 fully saturated rings. The molecule has 8 heteroatoms. The van der Waals surface area contributed by atoms with Crippen molar-refractivity contribution < 1.29 is 33.0 Å². The van der Waals surface area contributed by atoms with E-state index in [4.69, 9.17) is 23.4 Å². The number of rotatable bonds is 4. The van der Waals surface area contributed by atoms with Crippen molar-refractivity contribution in [3.8, 4) is 5.75 Å². The van der Waals surface area contributed by atoms with Gasteiger partial charge >= 0.3 is 17.6 Å². The Kier molecular flexibility index (Phi) is 5.16. The summed E-state index contributed by atoms with van der Waals surface area (Å²) in [6.07, 6.45) is -0.532. The molecule has 4 atom stereocenters. The summed E-state index contributed by atoms with van der Waals surface area (Å²) in [5, 5.41) is 0.615. The minimum atomic E-state index is -1.06. The van der Waals surface area contributed by atoms with Crippen LogP contribution in [0.15, 0.2) is 45.1 Å². The van der Waals surface area contributed by atoms with E-state index < -0.39 is 41.0 Å². The van der Waals surface area contributed by atoms with Gasteiger partial charge in [-0.3, -0.25) is 0 Å². The van der Waals surface area contributed by atoms with Gasteiger partial charge in [0.25, 0.3) is 0 Å². The zero-order valence-electron chi connectivity index (χ0n) is 18.9. The average molecular weight is 442 g/mol. The third kappa shape index (κ3) is 3.68. The molecule has 8 nitrogen and oxygen atoms in total. The first-order valence-corrected chi connectivity index (χ1v) is 10.5. The molecule has 0 bridgehead atoms. The molecule has 4 rings (SSSR count). The highest BCUT2D eigenvalue weighted by molar-refractivity contribution is 5.88. The predicted molar refractivity (Wildman–Crippen MR) is 114 cm³/mol. The molecule has 2 unspecified atom stereocenters. The van der Waals surface area contributed by atoms with Crippen molar-refractivity contribution in [1.82, 2.24) is 0 Å². The van der Waals surface area contributed by atoms with Crippen molar-refractivity contribution in [2.75, 3.05) is 0 Å². The maximum Gasteiger partial charge on any atom is 0.341 e. The van der Waals surface area contributed by atoms with Crippen LogP contribution in [-0.2, 0) is 23.8 Å². The van der Waals surface area contributed by atoms with Gasteiger partial charge in [-0.1, -0.05) is 6.08 Å². The van der Waals surface area contributed by atoms with Crippen molar-refractivity contribution in [3.63, 3.8) is 0 Å². The van der Waals surface area contributed by atoms with E-state index in [1.54, 1.807) is 65.8 Å². The SMILES string of the molecule is C/C=C(/C)C(=O)OC1C(OC(=O)[C@@]2(C)O[C@H]2C)c2cc3ccc(=O)oc3cc2OC1(C)C. The summed E-state index contributed by atoms with van der Waals surface area (Å²) >= 11 is 0. The first-order valence-electron chi connectivity index (χ1n) is 10.5. The highest BCUT2D eigenvalue weighted by Gasteiger charge is 2.59. The van der Waals surface area contributed by atoms with E-state index in [1.807, 2.05) is 0 Å². The Morgan fingerprint density at radius 3 is 2.44 bits per heavy atom. The predicted octanol–water partition coefficient (Wildman–Crippen LogP) is 3.60. The number of carbonyl (C=O) groups is 2. The lowest BCUT2D eigenvalue weighted by Crippen LogP contribution is -2.52. The first kappa shape index (κ1) is 22.1. The Morgan fingerprint density at radius 2 is 1.81 bits per heavy atom. The molecule has 32 heavy (non-hydrogen) atoms. The molecule has 2 aliphatic rings. The first-order chi connectivity index (χ1) is 15.0. The van der Waals surface area contributed by atoms with Crippen LogP contribution in [0.2, 0.25) is 0 Å². The highest BCUT2D eigenvalue weighted by Crippen LogP contribution is 2.47. The second-order valence-electron chi connectivity index (χ2n) is 8.88. The van der Waals surface area contributed by atoms with Gasteiger partial charge in [-0.15, -0.1) is 0 Å². The topological polar surface area (TPSA) is 105 Å². The smallest absolute Gasteiger partial charge is 0.341 e. The van der Waals surface area contributed by atoms with Gasteiger partial charge in [-0.05, 0) is 53.7 Å². The molecule has 0 N–H and O–H groups in total. The Labute approximate surface area is 185 Å². The fraction of sp³-hybridized carbons (Fsp3) is 0.458. The molecule has 1 saturated heterocycles. The summed E-state index contributed by atoms with van der Waals surface area (Å²) in [7, 11) is 0. The molecule has 0 saturated carbocycles. The summed E-state index contributed by atoms with van der Waals surface area (Å²) in [5.41, 5.74) is -1.34. The van der Waals surface area contributed by atoms with Crippen LogP contribution in [-0.4, -0.2) is 35.3 Å². The molecule has 3 heterocycles. The molecule has 170 valence electrons. The molecule has 0 spiro atoms. The number of epoxide rings is 1. The van der Waals surface area contributed by atoms with Gasteiger partial charge in [0.2, 0.25) is 0 Å². The highest BCUT2D eigenvalue weighted by atomic mass is 16.7. The van der Waals surface area contributed by atoms with Crippen molar-refractivity contribution in [2.45, 2.75) is 71.1 Å². The summed E-state index contributed by atoms with van der Waals surface area (Å²) < 4.78 is 28.6. The quantitative estimate of drug-likeness (QED) is 0.306. The molecule has 0 amide bonds. The van der Waals surface area contributed by atoms with E-state index in [-0.39, 0.29) is 6.10 Å². The summed E-state index contributed by atoms with van der Waals surface area (Å²) in [4.78, 5) is 37.2. The Bertz CT molecular complexity index is 1190. The molecular formula is C24H26O8. The minimum Gasteiger partial charge on any atom is -0.483 e. The van der Waals surface area contributed by atoms with Gasteiger partial charge in [0, 0.05) is 28.7 Å². The monoisotopic (exact) mass is 442 g/mol. The van der Waals surface area contributed by atoms with Crippen LogP contribution in [0.25, 0.3) is 11.0 Å². The fourth-order valence-corrected chi connectivity index (χ4v) is 3.73. The summed E-state index contributed by atoms with van der Waals surface area (Å²) in [5.74, 6) is -0.713. The van der Waals surface area contributed by atoms with Crippen LogP contribution in [0.5, 0.6) is 5.75 Å². The molecule has 1 aromatic heterocycles. The van der Waals surface area contributed by atoms with Crippen LogP contribution in [0.3, 0.4) is 0 Å². The number of carbonyl (C=O) groups excluding carboxylic acids is 2. The van der Waals surface area contributed by atoms with Crippen molar-refractivity contribution in [1.29, 1.82) is 0 Å². The molecule has 1 aromatic carbocycles. The molecule has 2 aromatic rings. The van der Waals surface area contributed by atoms with Crippen LogP contribution in [0.4, 0.5) is 0 Å². The van der Waals surface area contributed by atoms with E-state index in [1.165, 1.54) is 6.07 Å². The Hall–Kier alpha value is -3.13. The lowest BCUT2D eigenvalue weighted by Gasteiger charge is -2.43. The van der Waals surface area contributed by atoms with E-state index >= 15 is 0 Å². The number of fused-ring (bicyclic) bond motifs is 2. The maximum absolute atomic E-state index is 13.0. The van der Waals surface area contributed by atoms with Gasteiger partial charge in [0.1, 0.15) is 16.9 Å². The number of hydrogen-bond acceptors (Lipinski definition) is 8.